The summed E-state index contributed by atoms with van der Waals surface area (Å²) >= 11 is 0. The summed E-state index contributed by atoms with van der Waals surface area (Å²) in [7, 11) is 1.51. The van der Waals surface area contributed by atoms with Gasteiger partial charge in [0.15, 0.2) is 0 Å². The first kappa shape index (κ1) is 19.9. The van der Waals surface area contributed by atoms with Gasteiger partial charge in [0, 0.05) is 5.56 Å². The van der Waals surface area contributed by atoms with E-state index in [1.807, 2.05) is 30.3 Å². The summed E-state index contributed by atoms with van der Waals surface area (Å²) in [4.78, 5) is 12.2. The van der Waals surface area contributed by atoms with Crippen LogP contribution in [-0.2, 0) is 11.2 Å². The largest absolute Gasteiger partial charge is 0.496 e. The van der Waals surface area contributed by atoms with Gasteiger partial charge in [0.2, 0.25) is 5.91 Å². The highest BCUT2D eigenvalue weighted by Gasteiger charge is 2.19. The van der Waals surface area contributed by atoms with Gasteiger partial charge in [-0.2, -0.15) is 0 Å². The van der Waals surface area contributed by atoms with Crippen LogP contribution in [0.4, 0.5) is 4.39 Å². The summed E-state index contributed by atoms with van der Waals surface area (Å²) in [5.41, 5.74) is 7.53. The van der Waals surface area contributed by atoms with Gasteiger partial charge in [-0.05, 0) is 37.1 Å². The number of hydrogen-bond donors (Lipinski definition) is 2. The summed E-state index contributed by atoms with van der Waals surface area (Å²) < 4.78 is 18.6. The van der Waals surface area contributed by atoms with Crippen molar-refractivity contribution in [3.8, 4) is 5.75 Å². The van der Waals surface area contributed by atoms with E-state index in [-0.39, 0.29) is 24.1 Å². The molecule has 3 N–H and O–H groups in total. The van der Waals surface area contributed by atoms with Crippen molar-refractivity contribution < 1.29 is 13.9 Å². The van der Waals surface area contributed by atoms with Crippen LogP contribution in [-0.4, -0.2) is 19.1 Å². The molecule has 2 aromatic rings. The summed E-state index contributed by atoms with van der Waals surface area (Å²) in [6.07, 6.45) is 0.444. The normalized spacial score (nSPS) is 12.7. The zero-order chi connectivity index (χ0) is 16.8. The Morgan fingerprint density at radius 1 is 1.25 bits per heavy atom. The van der Waals surface area contributed by atoms with E-state index in [0.29, 0.717) is 17.7 Å². The van der Waals surface area contributed by atoms with Crippen molar-refractivity contribution in [2.75, 3.05) is 7.11 Å². The molecule has 0 saturated heterocycles. The van der Waals surface area contributed by atoms with Crippen molar-refractivity contribution in [2.24, 2.45) is 5.73 Å². The molecule has 2 rings (SSSR count). The SMILES string of the molecule is COc1ccc(F)cc1C(C)NC(=O)[C@@H](N)Cc1ccccc1.Cl. The van der Waals surface area contributed by atoms with E-state index in [1.165, 1.54) is 25.3 Å². The second-order valence-corrected chi connectivity index (χ2v) is 5.41. The highest BCUT2D eigenvalue weighted by Crippen LogP contribution is 2.25. The topological polar surface area (TPSA) is 64.3 Å². The van der Waals surface area contributed by atoms with Gasteiger partial charge in [-0.25, -0.2) is 4.39 Å². The Hall–Kier alpha value is -2.11. The smallest absolute Gasteiger partial charge is 0.237 e. The lowest BCUT2D eigenvalue weighted by molar-refractivity contribution is -0.123. The molecular formula is C18H22ClFN2O2. The first-order chi connectivity index (χ1) is 11.0. The van der Waals surface area contributed by atoms with Crippen LogP contribution in [0.25, 0.3) is 0 Å². The number of amides is 1. The second kappa shape index (κ2) is 9.25. The first-order valence-corrected chi connectivity index (χ1v) is 7.44. The quantitative estimate of drug-likeness (QED) is 0.840. The van der Waals surface area contributed by atoms with Crippen molar-refractivity contribution in [2.45, 2.75) is 25.4 Å². The van der Waals surface area contributed by atoms with Crippen LogP contribution in [0.15, 0.2) is 48.5 Å². The van der Waals surface area contributed by atoms with E-state index >= 15 is 0 Å². The highest BCUT2D eigenvalue weighted by molar-refractivity contribution is 5.85. The maximum Gasteiger partial charge on any atom is 0.237 e. The molecule has 24 heavy (non-hydrogen) atoms. The van der Waals surface area contributed by atoms with Crippen LogP contribution >= 0.6 is 12.4 Å². The van der Waals surface area contributed by atoms with Crippen LogP contribution < -0.4 is 15.8 Å². The molecule has 2 aromatic carbocycles. The van der Waals surface area contributed by atoms with E-state index in [9.17, 15) is 9.18 Å². The Kier molecular flexibility index (Phi) is 7.68. The van der Waals surface area contributed by atoms with E-state index in [4.69, 9.17) is 10.5 Å². The standard InChI is InChI=1S/C18H21FN2O2.ClH/c1-12(15-11-14(19)8-9-17(15)23-2)21-18(22)16(20)10-13-6-4-3-5-7-13;/h3-9,11-12,16H,10,20H2,1-2H3,(H,21,22);1H/t12?,16-;/m0./s1. The Labute approximate surface area is 147 Å². The zero-order valence-corrected chi connectivity index (χ0v) is 14.5. The number of benzene rings is 2. The molecule has 0 aromatic heterocycles. The molecule has 0 radical (unpaired) electrons. The lowest BCUT2D eigenvalue weighted by Gasteiger charge is -2.20. The third kappa shape index (κ3) is 5.22. The van der Waals surface area contributed by atoms with Crippen molar-refractivity contribution in [1.29, 1.82) is 0 Å². The maximum absolute atomic E-state index is 13.4. The molecule has 0 heterocycles. The third-order valence-electron chi connectivity index (χ3n) is 3.65. The van der Waals surface area contributed by atoms with Gasteiger partial charge in [-0.3, -0.25) is 4.79 Å². The lowest BCUT2D eigenvalue weighted by Crippen LogP contribution is -2.43. The minimum absolute atomic E-state index is 0. The molecular weight excluding hydrogens is 331 g/mol. The molecule has 0 spiro atoms. The third-order valence-corrected chi connectivity index (χ3v) is 3.65. The summed E-state index contributed by atoms with van der Waals surface area (Å²) in [6, 6.07) is 12.7. The molecule has 0 fully saturated rings. The number of methoxy groups -OCH3 is 1. The molecule has 1 amide bonds. The number of rotatable bonds is 6. The first-order valence-electron chi connectivity index (χ1n) is 7.44. The number of ether oxygens (including phenoxy) is 1. The van der Waals surface area contributed by atoms with Gasteiger partial charge < -0.3 is 15.8 Å². The van der Waals surface area contributed by atoms with Crippen LogP contribution in [0.2, 0.25) is 0 Å². The van der Waals surface area contributed by atoms with E-state index in [1.54, 1.807) is 6.92 Å². The molecule has 0 aliphatic carbocycles. The van der Waals surface area contributed by atoms with Crippen molar-refractivity contribution >= 4 is 18.3 Å². The van der Waals surface area contributed by atoms with E-state index < -0.39 is 12.1 Å². The summed E-state index contributed by atoms with van der Waals surface area (Å²) in [6.45, 7) is 1.77. The van der Waals surface area contributed by atoms with Crippen LogP contribution in [0.5, 0.6) is 5.75 Å². The van der Waals surface area contributed by atoms with Crippen molar-refractivity contribution in [3.63, 3.8) is 0 Å². The second-order valence-electron chi connectivity index (χ2n) is 5.41. The van der Waals surface area contributed by atoms with Gasteiger partial charge in [-0.1, -0.05) is 30.3 Å². The lowest BCUT2D eigenvalue weighted by atomic mass is 10.0. The number of nitrogens with two attached hydrogens (primary N) is 1. The Bertz CT molecular complexity index is 667. The molecule has 6 heteroatoms. The fourth-order valence-electron chi connectivity index (χ4n) is 2.40. The van der Waals surface area contributed by atoms with Gasteiger partial charge in [0.05, 0.1) is 19.2 Å². The van der Waals surface area contributed by atoms with Gasteiger partial charge >= 0.3 is 0 Å². The molecule has 4 nitrogen and oxygen atoms in total. The van der Waals surface area contributed by atoms with Crippen LogP contribution in [0.3, 0.4) is 0 Å². The Morgan fingerprint density at radius 3 is 2.54 bits per heavy atom. The van der Waals surface area contributed by atoms with E-state index in [2.05, 4.69) is 5.32 Å². The van der Waals surface area contributed by atoms with Crippen molar-refractivity contribution in [1.82, 2.24) is 5.32 Å². The predicted octanol–water partition coefficient (Wildman–Crippen LogP) is 3.00. The van der Waals surface area contributed by atoms with Gasteiger partial charge in [0.1, 0.15) is 11.6 Å². The summed E-state index contributed by atoms with van der Waals surface area (Å²) in [5.74, 6) is -0.140. The number of carbonyl (C=O) groups excluding carboxylic acids is 1. The van der Waals surface area contributed by atoms with Crippen LogP contribution in [0, 0.1) is 5.82 Å². The van der Waals surface area contributed by atoms with Gasteiger partial charge in [0.25, 0.3) is 0 Å². The molecule has 130 valence electrons. The molecule has 0 saturated carbocycles. The van der Waals surface area contributed by atoms with Gasteiger partial charge in [-0.15, -0.1) is 12.4 Å². The minimum atomic E-state index is -0.667. The monoisotopic (exact) mass is 352 g/mol. The number of halogens is 2. The molecule has 2 atom stereocenters. The Balaban J connectivity index is 0.00000288. The molecule has 1 unspecified atom stereocenters. The van der Waals surface area contributed by atoms with Crippen LogP contribution in [0.1, 0.15) is 24.1 Å². The average molecular weight is 353 g/mol. The fourth-order valence-corrected chi connectivity index (χ4v) is 2.40. The number of hydrogen-bond acceptors (Lipinski definition) is 3. The minimum Gasteiger partial charge on any atom is -0.496 e. The number of carbonyl (C=O) groups is 1. The average Bonchev–Trinajstić information content (AvgIpc) is 2.55. The highest BCUT2D eigenvalue weighted by atomic mass is 35.5. The van der Waals surface area contributed by atoms with Crippen molar-refractivity contribution in [3.05, 3.63) is 65.5 Å². The maximum atomic E-state index is 13.4. The Morgan fingerprint density at radius 2 is 1.92 bits per heavy atom. The number of nitrogens with one attached hydrogen (secondary N) is 1. The van der Waals surface area contributed by atoms with E-state index in [0.717, 1.165) is 5.56 Å². The predicted molar refractivity (Wildman–Crippen MR) is 94.9 cm³/mol. The fraction of sp³-hybridized carbons (Fsp3) is 0.278. The molecule has 0 aliphatic heterocycles. The summed E-state index contributed by atoms with van der Waals surface area (Å²) in [5, 5.41) is 2.81. The molecule has 0 bridgehead atoms. The zero-order valence-electron chi connectivity index (χ0n) is 13.7. The molecule has 0 aliphatic rings.